The van der Waals surface area contributed by atoms with Gasteiger partial charge in [0.25, 0.3) is 0 Å². The molecule has 6 nitrogen and oxygen atoms in total. The van der Waals surface area contributed by atoms with Gasteiger partial charge in [-0.05, 0) is 67.0 Å². The van der Waals surface area contributed by atoms with Crippen LogP contribution in [0.5, 0.6) is 0 Å². The van der Waals surface area contributed by atoms with Gasteiger partial charge in [0.2, 0.25) is 0 Å². The van der Waals surface area contributed by atoms with Crippen molar-refractivity contribution in [2.24, 2.45) is 5.73 Å². The molecule has 0 unspecified atom stereocenters. The number of halogens is 1. The van der Waals surface area contributed by atoms with Gasteiger partial charge in [-0.1, -0.05) is 35.9 Å². The summed E-state index contributed by atoms with van der Waals surface area (Å²) in [4.78, 5) is 4.54. The summed E-state index contributed by atoms with van der Waals surface area (Å²) >= 11 is 6.15. The minimum Gasteiger partial charge on any atom is -0.382 e. The van der Waals surface area contributed by atoms with Crippen LogP contribution in [0.1, 0.15) is 37.2 Å². The molecule has 7 heteroatoms. The summed E-state index contributed by atoms with van der Waals surface area (Å²) in [5.41, 5.74) is 18.5. The Labute approximate surface area is 186 Å². The van der Waals surface area contributed by atoms with E-state index >= 15 is 0 Å². The molecule has 1 fully saturated rings. The number of rotatable bonds is 4. The predicted octanol–water partition coefficient (Wildman–Crippen LogP) is 5.36. The minimum absolute atomic E-state index is 0.274. The highest BCUT2D eigenvalue weighted by Gasteiger charge is 2.27. The molecule has 1 aliphatic rings. The Balaban J connectivity index is 1.51. The molecule has 1 saturated carbocycles. The molecular weight excluding hydrogens is 408 g/mol. The highest BCUT2D eigenvalue weighted by molar-refractivity contribution is 6.30. The lowest BCUT2D eigenvalue weighted by atomic mass is 9.81. The van der Waals surface area contributed by atoms with E-state index in [1.54, 1.807) is 10.7 Å². The first kappa shape index (κ1) is 19.8. The lowest BCUT2D eigenvalue weighted by Gasteiger charge is -2.28. The van der Waals surface area contributed by atoms with Crippen molar-refractivity contribution in [3.8, 4) is 11.1 Å². The fourth-order valence-electron chi connectivity index (χ4n) is 4.48. The molecule has 5 rings (SSSR count). The number of nitrogen functional groups attached to an aromatic ring is 1. The standard InChI is InChI=1S/C24H25ClN6/c25-18-3-1-2-17(14-18)15-6-10-20(11-7-15)29-22-21(16-4-8-19(26)9-5-16)23(27)30-31-13-12-28-24(22)31/h1-3,6-7,10-14,16,19,29H,4-5,8-9,26H2,(H2,27,30). The molecule has 2 aromatic carbocycles. The maximum Gasteiger partial charge on any atom is 0.177 e. The van der Waals surface area contributed by atoms with Gasteiger partial charge in [0.15, 0.2) is 5.65 Å². The van der Waals surface area contributed by atoms with Crippen molar-refractivity contribution >= 4 is 34.4 Å². The minimum atomic E-state index is 0.274. The molecular formula is C24H25ClN6. The van der Waals surface area contributed by atoms with Crippen LogP contribution in [0, 0.1) is 0 Å². The van der Waals surface area contributed by atoms with E-state index in [9.17, 15) is 0 Å². The van der Waals surface area contributed by atoms with E-state index in [1.807, 2.05) is 24.4 Å². The second-order valence-corrected chi connectivity index (χ2v) is 8.63. The largest absolute Gasteiger partial charge is 0.382 e. The van der Waals surface area contributed by atoms with E-state index < -0.39 is 0 Å². The zero-order valence-corrected chi connectivity index (χ0v) is 17.9. The Morgan fingerprint density at radius 3 is 2.52 bits per heavy atom. The van der Waals surface area contributed by atoms with Crippen LogP contribution in [-0.2, 0) is 0 Å². The quantitative estimate of drug-likeness (QED) is 0.403. The SMILES string of the molecule is Nc1nn2ccnc2c(Nc2ccc(-c3cccc(Cl)c3)cc2)c1C1CCC(N)CC1. The average molecular weight is 433 g/mol. The number of aromatic nitrogens is 3. The molecule has 0 radical (unpaired) electrons. The van der Waals surface area contributed by atoms with Crippen molar-refractivity contribution in [3.05, 3.63) is 71.5 Å². The van der Waals surface area contributed by atoms with Crippen LogP contribution in [0.2, 0.25) is 5.02 Å². The third kappa shape index (κ3) is 3.96. The van der Waals surface area contributed by atoms with E-state index in [1.165, 1.54) is 0 Å². The van der Waals surface area contributed by atoms with Crippen molar-refractivity contribution < 1.29 is 0 Å². The number of nitrogens with two attached hydrogens (primary N) is 2. The molecule has 0 spiro atoms. The molecule has 158 valence electrons. The highest BCUT2D eigenvalue weighted by Crippen LogP contribution is 2.41. The van der Waals surface area contributed by atoms with Gasteiger partial charge in [0.1, 0.15) is 5.82 Å². The van der Waals surface area contributed by atoms with Crippen LogP contribution in [0.25, 0.3) is 16.8 Å². The lowest BCUT2D eigenvalue weighted by Crippen LogP contribution is -2.26. The summed E-state index contributed by atoms with van der Waals surface area (Å²) in [6, 6.07) is 16.4. The van der Waals surface area contributed by atoms with E-state index in [4.69, 9.17) is 23.1 Å². The Morgan fingerprint density at radius 2 is 1.77 bits per heavy atom. The van der Waals surface area contributed by atoms with Gasteiger partial charge >= 0.3 is 0 Å². The number of benzene rings is 2. The predicted molar refractivity (Wildman–Crippen MR) is 127 cm³/mol. The number of anilines is 3. The molecule has 2 aromatic heterocycles. The highest BCUT2D eigenvalue weighted by atomic mass is 35.5. The van der Waals surface area contributed by atoms with Crippen LogP contribution >= 0.6 is 11.6 Å². The third-order valence-corrected chi connectivity index (χ3v) is 6.33. The number of imidazole rings is 1. The van der Waals surface area contributed by atoms with Crippen molar-refractivity contribution in [2.45, 2.75) is 37.6 Å². The van der Waals surface area contributed by atoms with E-state index in [0.29, 0.717) is 11.7 Å². The Bertz CT molecular complexity index is 1210. The van der Waals surface area contributed by atoms with E-state index in [-0.39, 0.29) is 6.04 Å². The molecule has 0 atom stereocenters. The van der Waals surface area contributed by atoms with Crippen LogP contribution in [0.4, 0.5) is 17.2 Å². The van der Waals surface area contributed by atoms with Crippen molar-refractivity contribution in [1.82, 2.24) is 14.6 Å². The maximum absolute atomic E-state index is 6.44. The summed E-state index contributed by atoms with van der Waals surface area (Å²) in [5.74, 6) is 0.867. The van der Waals surface area contributed by atoms with Gasteiger partial charge in [-0.15, -0.1) is 5.10 Å². The maximum atomic E-state index is 6.44. The summed E-state index contributed by atoms with van der Waals surface area (Å²) in [7, 11) is 0. The van der Waals surface area contributed by atoms with Crippen molar-refractivity contribution in [3.63, 3.8) is 0 Å². The van der Waals surface area contributed by atoms with Gasteiger partial charge in [-0.3, -0.25) is 0 Å². The number of nitrogens with zero attached hydrogens (tertiary/aromatic N) is 3. The molecule has 4 aromatic rings. The van der Waals surface area contributed by atoms with Gasteiger partial charge < -0.3 is 16.8 Å². The molecule has 0 saturated heterocycles. The monoisotopic (exact) mass is 432 g/mol. The Hall–Kier alpha value is -3.09. The summed E-state index contributed by atoms with van der Waals surface area (Å²) in [5, 5.41) is 8.85. The number of hydrogen-bond donors (Lipinski definition) is 3. The third-order valence-electron chi connectivity index (χ3n) is 6.10. The Kier molecular flexibility index (Phi) is 5.26. The van der Waals surface area contributed by atoms with Crippen LogP contribution < -0.4 is 16.8 Å². The molecule has 0 amide bonds. The van der Waals surface area contributed by atoms with Gasteiger partial charge in [0, 0.05) is 34.7 Å². The first-order valence-electron chi connectivity index (χ1n) is 10.6. The average Bonchev–Trinajstić information content (AvgIpc) is 3.24. The van der Waals surface area contributed by atoms with E-state index in [0.717, 1.165) is 64.4 Å². The summed E-state index contributed by atoms with van der Waals surface area (Å²) < 4.78 is 1.73. The second kappa shape index (κ2) is 8.21. The molecule has 31 heavy (non-hydrogen) atoms. The van der Waals surface area contributed by atoms with E-state index in [2.05, 4.69) is 45.7 Å². The van der Waals surface area contributed by atoms with Gasteiger partial charge in [-0.2, -0.15) is 0 Å². The topological polar surface area (TPSA) is 94.3 Å². The zero-order valence-electron chi connectivity index (χ0n) is 17.1. The summed E-state index contributed by atoms with van der Waals surface area (Å²) in [6.45, 7) is 0. The second-order valence-electron chi connectivity index (χ2n) is 8.19. The van der Waals surface area contributed by atoms with Crippen molar-refractivity contribution in [2.75, 3.05) is 11.1 Å². The fraction of sp³-hybridized carbons (Fsp3) is 0.250. The van der Waals surface area contributed by atoms with Gasteiger partial charge in [-0.25, -0.2) is 9.50 Å². The first-order valence-corrected chi connectivity index (χ1v) is 11.0. The molecule has 1 aliphatic carbocycles. The van der Waals surface area contributed by atoms with Crippen LogP contribution in [0.15, 0.2) is 60.9 Å². The van der Waals surface area contributed by atoms with Crippen LogP contribution in [0.3, 0.4) is 0 Å². The Morgan fingerprint density at radius 1 is 1.00 bits per heavy atom. The van der Waals surface area contributed by atoms with Gasteiger partial charge in [0.05, 0.1) is 5.69 Å². The molecule has 0 aliphatic heterocycles. The van der Waals surface area contributed by atoms with Crippen LogP contribution in [-0.4, -0.2) is 20.6 Å². The van der Waals surface area contributed by atoms with Crippen molar-refractivity contribution in [1.29, 1.82) is 0 Å². The number of nitrogens with one attached hydrogen (secondary N) is 1. The summed E-state index contributed by atoms with van der Waals surface area (Å²) in [6.07, 6.45) is 7.57. The molecule has 0 bridgehead atoms. The first-order chi connectivity index (χ1) is 15.1. The fourth-order valence-corrected chi connectivity index (χ4v) is 4.67. The molecule has 5 N–H and O–H groups in total. The molecule has 2 heterocycles. The normalized spacial score (nSPS) is 18.9. The smallest absolute Gasteiger partial charge is 0.177 e. The number of fused-ring (bicyclic) bond motifs is 1. The lowest BCUT2D eigenvalue weighted by molar-refractivity contribution is 0.396. The number of hydrogen-bond acceptors (Lipinski definition) is 5. The zero-order chi connectivity index (χ0) is 21.4.